The van der Waals surface area contributed by atoms with Crippen molar-refractivity contribution in [1.82, 2.24) is 25.7 Å². The normalized spacial score (nSPS) is 22.2. The van der Waals surface area contributed by atoms with Gasteiger partial charge in [0.15, 0.2) is 0 Å². The second-order valence-electron chi connectivity index (χ2n) is 7.83. The van der Waals surface area contributed by atoms with E-state index in [9.17, 15) is 4.79 Å². The quantitative estimate of drug-likeness (QED) is 0.716. The molecular formula is C21H30ClN5O2. The molecule has 1 amide bonds. The summed E-state index contributed by atoms with van der Waals surface area (Å²) in [6.45, 7) is 4.74. The lowest BCUT2D eigenvalue weighted by atomic mass is 9.97. The van der Waals surface area contributed by atoms with E-state index in [0.717, 1.165) is 57.5 Å². The Balaban J connectivity index is 0.00000240. The van der Waals surface area contributed by atoms with Crippen LogP contribution in [0.2, 0.25) is 0 Å². The third kappa shape index (κ3) is 6.01. The van der Waals surface area contributed by atoms with Gasteiger partial charge in [0.2, 0.25) is 17.6 Å². The standard InChI is InChI=1S/C21H29N5O2.ClH/c27-21(18-9-4-11-22-18)23-14-16-6-5-12-26(15-16)13-10-19-24-20(25-28-19)17-7-2-1-3-8-17;/h1-3,7-8,16,18,22H,4-6,9-15H2,(H,23,27);1H. The summed E-state index contributed by atoms with van der Waals surface area (Å²) in [5.74, 6) is 2.01. The summed E-state index contributed by atoms with van der Waals surface area (Å²) in [5.41, 5.74) is 0.975. The second kappa shape index (κ2) is 10.7. The van der Waals surface area contributed by atoms with E-state index in [1.807, 2.05) is 30.3 Å². The highest BCUT2D eigenvalue weighted by atomic mass is 35.5. The predicted octanol–water partition coefficient (Wildman–Crippen LogP) is 2.28. The molecule has 29 heavy (non-hydrogen) atoms. The first-order valence-corrected chi connectivity index (χ1v) is 10.4. The maximum absolute atomic E-state index is 12.2. The van der Waals surface area contributed by atoms with Gasteiger partial charge in [0.1, 0.15) is 0 Å². The van der Waals surface area contributed by atoms with Gasteiger partial charge in [-0.15, -0.1) is 12.4 Å². The van der Waals surface area contributed by atoms with Crippen LogP contribution in [-0.2, 0) is 11.2 Å². The predicted molar refractivity (Wildman–Crippen MR) is 114 cm³/mol. The second-order valence-corrected chi connectivity index (χ2v) is 7.83. The molecule has 3 heterocycles. The first kappa shape index (κ1) is 21.7. The summed E-state index contributed by atoms with van der Waals surface area (Å²) in [7, 11) is 0. The van der Waals surface area contributed by atoms with E-state index < -0.39 is 0 Å². The number of benzene rings is 1. The molecule has 4 rings (SSSR count). The summed E-state index contributed by atoms with van der Waals surface area (Å²) in [6.07, 6.45) is 5.15. The molecule has 2 fully saturated rings. The largest absolute Gasteiger partial charge is 0.354 e. The van der Waals surface area contributed by atoms with Crippen LogP contribution in [0.25, 0.3) is 11.4 Å². The molecule has 1 aromatic heterocycles. The van der Waals surface area contributed by atoms with E-state index >= 15 is 0 Å². The van der Waals surface area contributed by atoms with Crippen LogP contribution in [0.5, 0.6) is 0 Å². The minimum atomic E-state index is 0. The van der Waals surface area contributed by atoms with E-state index in [4.69, 9.17) is 4.52 Å². The van der Waals surface area contributed by atoms with E-state index in [2.05, 4.69) is 25.7 Å². The zero-order chi connectivity index (χ0) is 19.2. The average Bonchev–Trinajstić information content (AvgIpc) is 3.44. The van der Waals surface area contributed by atoms with Crippen LogP contribution in [0.1, 0.15) is 31.6 Å². The maximum Gasteiger partial charge on any atom is 0.237 e. The van der Waals surface area contributed by atoms with Gasteiger partial charge in [-0.1, -0.05) is 35.5 Å². The van der Waals surface area contributed by atoms with Gasteiger partial charge < -0.3 is 20.1 Å². The Labute approximate surface area is 178 Å². The number of likely N-dealkylation sites (tertiary alicyclic amines) is 1. The Hall–Kier alpha value is -1.96. The van der Waals surface area contributed by atoms with Crippen molar-refractivity contribution in [1.29, 1.82) is 0 Å². The summed E-state index contributed by atoms with van der Waals surface area (Å²) >= 11 is 0. The minimum absolute atomic E-state index is 0. The van der Waals surface area contributed by atoms with E-state index in [-0.39, 0.29) is 24.4 Å². The first-order valence-electron chi connectivity index (χ1n) is 10.4. The van der Waals surface area contributed by atoms with Gasteiger partial charge in [0.25, 0.3) is 0 Å². The Morgan fingerprint density at radius 3 is 2.90 bits per heavy atom. The smallest absolute Gasteiger partial charge is 0.237 e. The fourth-order valence-corrected chi connectivity index (χ4v) is 4.11. The number of amides is 1. The van der Waals surface area contributed by atoms with Crippen molar-refractivity contribution >= 4 is 18.3 Å². The number of nitrogens with one attached hydrogen (secondary N) is 2. The number of carbonyl (C=O) groups excluding carboxylic acids is 1. The van der Waals surface area contributed by atoms with Gasteiger partial charge in [0.05, 0.1) is 6.04 Å². The van der Waals surface area contributed by atoms with Crippen molar-refractivity contribution in [2.24, 2.45) is 5.92 Å². The van der Waals surface area contributed by atoms with Crippen molar-refractivity contribution in [3.05, 3.63) is 36.2 Å². The molecule has 0 aliphatic carbocycles. The maximum atomic E-state index is 12.2. The lowest BCUT2D eigenvalue weighted by Gasteiger charge is -2.32. The third-order valence-electron chi connectivity index (χ3n) is 5.69. The first-order chi connectivity index (χ1) is 13.8. The van der Waals surface area contributed by atoms with Crippen molar-refractivity contribution in [3.63, 3.8) is 0 Å². The monoisotopic (exact) mass is 419 g/mol. The molecule has 0 bridgehead atoms. The number of aromatic nitrogens is 2. The molecule has 2 unspecified atom stereocenters. The molecule has 2 aromatic rings. The SMILES string of the molecule is Cl.O=C(NCC1CCCN(CCc2nc(-c3ccccc3)no2)C1)C1CCCN1. The van der Waals surface area contributed by atoms with E-state index in [1.165, 1.54) is 12.8 Å². The van der Waals surface area contributed by atoms with Gasteiger partial charge in [-0.05, 0) is 44.7 Å². The molecule has 2 aliphatic rings. The third-order valence-corrected chi connectivity index (χ3v) is 5.69. The van der Waals surface area contributed by atoms with Gasteiger partial charge in [-0.2, -0.15) is 4.98 Å². The fraction of sp³-hybridized carbons (Fsp3) is 0.571. The molecular weight excluding hydrogens is 390 g/mol. The molecule has 2 saturated heterocycles. The summed E-state index contributed by atoms with van der Waals surface area (Å²) in [6, 6.07) is 9.90. The molecule has 2 N–H and O–H groups in total. The van der Waals surface area contributed by atoms with Crippen molar-refractivity contribution in [2.75, 3.05) is 32.7 Å². The Bertz CT molecular complexity index is 763. The number of halogens is 1. The van der Waals surface area contributed by atoms with Gasteiger partial charge in [0, 0.05) is 31.6 Å². The van der Waals surface area contributed by atoms with Crippen LogP contribution in [0.4, 0.5) is 0 Å². The van der Waals surface area contributed by atoms with Crippen LogP contribution < -0.4 is 10.6 Å². The zero-order valence-electron chi connectivity index (χ0n) is 16.7. The van der Waals surface area contributed by atoms with Crippen LogP contribution >= 0.6 is 12.4 Å². The minimum Gasteiger partial charge on any atom is -0.354 e. The van der Waals surface area contributed by atoms with Gasteiger partial charge >= 0.3 is 0 Å². The molecule has 0 spiro atoms. The number of hydrogen-bond acceptors (Lipinski definition) is 6. The molecule has 8 heteroatoms. The highest BCUT2D eigenvalue weighted by molar-refractivity contribution is 5.85. The molecule has 1 aromatic carbocycles. The van der Waals surface area contributed by atoms with Crippen LogP contribution in [0.15, 0.2) is 34.9 Å². The fourth-order valence-electron chi connectivity index (χ4n) is 4.11. The van der Waals surface area contributed by atoms with Crippen LogP contribution in [-0.4, -0.2) is 59.7 Å². The number of rotatable bonds is 7. The molecule has 2 atom stereocenters. The lowest BCUT2D eigenvalue weighted by Crippen LogP contribution is -2.45. The average molecular weight is 420 g/mol. The zero-order valence-corrected chi connectivity index (χ0v) is 17.5. The van der Waals surface area contributed by atoms with Gasteiger partial charge in [-0.25, -0.2) is 0 Å². The van der Waals surface area contributed by atoms with Crippen LogP contribution in [0, 0.1) is 5.92 Å². The Morgan fingerprint density at radius 1 is 1.24 bits per heavy atom. The van der Waals surface area contributed by atoms with Crippen molar-refractivity contribution in [3.8, 4) is 11.4 Å². The van der Waals surface area contributed by atoms with Crippen molar-refractivity contribution in [2.45, 2.75) is 38.1 Å². The summed E-state index contributed by atoms with van der Waals surface area (Å²) in [4.78, 5) is 19.1. The van der Waals surface area contributed by atoms with E-state index in [1.54, 1.807) is 0 Å². The summed E-state index contributed by atoms with van der Waals surface area (Å²) < 4.78 is 5.42. The number of carbonyl (C=O) groups is 1. The highest BCUT2D eigenvalue weighted by Gasteiger charge is 2.24. The molecule has 0 saturated carbocycles. The van der Waals surface area contributed by atoms with E-state index in [0.29, 0.717) is 17.6 Å². The number of nitrogens with zero attached hydrogens (tertiary/aromatic N) is 3. The number of hydrogen-bond donors (Lipinski definition) is 2. The van der Waals surface area contributed by atoms with Crippen LogP contribution in [0.3, 0.4) is 0 Å². The highest BCUT2D eigenvalue weighted by Crippen LogP contribution is 2.18. The van der Waals surface area contributed by atoms with Crippen molar-refractivity contribution < 1.29 is 9.32 Å². The Morgan fingerprint density at radius 2 is 2.10 bits per heavy atom. The molecule has 158 valence electrons. The molecule has 7 nitrogen and oxygen atoms in total. The number of piperidine rings is 1. The topological polar surface area (TPSA) is 83.3 Å². The molecule has 0 radical (unpaired) electrons. The van der Waals surface area contributed by atoms with Gasteiger partial charge in [-0.3, -0.25) is 4.79 Å². The lowest BCUT2D eigenvalue weighted by molar-refractivity contribution is -0.123. The summed E-state index contributed by atoms with van der Waals surface area (Å²) in [5, 5.41) is 10.5. The molecule has 2 aliphatic heterocycles. The Kier molecular flexibility index (Phi) is 8.03.